The average molecular weight is 477 g/mol. The number of rotatable bonds is 7. The summed E-state index contributed by atoms with van der Waals surface area (Å²) < 4.78 is 7.51. The molecule has 0 atom stereocenters. The standard InChI is InChI=1S/C29H24N4O3/c1-21-17-18-26(36-21)27-22(20-33(32-27)25-15-9-4-10-16-25)19-30-31-28(34)29(35,23-11-5-2-6-12-23)24-13-7-3-8-14-24/h2-20,35H,1H3,(H,31,34)/b30-19-. The molecule has 0 saturated carbocycles. The minimum absolute atomic E-state index is 0.438. The minimum atomic E-state index is -1.92. The van der Waals surface area contributed by atoms with Crippen LogP contribution in [-0.4, -0.2) is 27.0 Å². The Hall–Kier alpha value is -4.75. The quantitative estimate of drug-likeness (QED) is 0.260. The molecule has 0 aliphatic heterocycles. The van der Waals surface area contributed by atoms with Gasteiger partial charge >= 0.3 is 0 Å². The highest BCUT2D eigenvalue weighted by atomic mass is 16.3. The van der Waals surface area contributed by atoms with Crippen LogP contribution in [0.3, 0.4) is 0 Å². The van der Waals surface area contributed by atoms with Crippen molar-refractivity contribution in [1.82, 2.24) is 15.2 Å². The van der Waals surface area contributed by atoms with Crippen LogP contribution in [0.5, 0.6) is 0 Å². The maximum atomic E-state index is 13.3. The number of aromatic nitrogens is 2. The SMILES string of the molecule is Cc1ccc(-c2nn(-c3ccccc3)cc2/C=N\NC(=O)C(O)(c2ccccc2)c2ccccc2)o1. The summed E-state index contributed by atoms with van der Waals surface area (Å²) in [5.41, 5.74) is 3.55. The van der Waals surface area contributed by atoms with E-state index in [1.807, 2.05) is 61.5 Å². The van der Waals surface area contributed by atoms with E-state index in [0.717, 1.165) is 11.4 Å². The summed E-state index contributed by atoms with van der Waals surface area (Å²) in [5, 5.41) is 20.4. The largest absolute Gasteiger partial charge is 0.460 e. The molecule has 5 aromatic rings. The molecule has 0 fully saturated rings. The second-order valence-corrected chi connectivity index (χ2v) is 8.27. The number of aryl methyl sites for hydroxylation is 1. The second kappa shape index (κ2) is 9.85. The zero-order valence-electron chi connectivity index (χ0n) is 19.6. The van der Waals surface area contributed by atoms with E-state index in [-0.39, 0.29) is 0 Å². The number of amides is 1. The Bertz CT molecular complexity index is 1450. The van der Waals surface area contributed by atoms with Gasteiger partial charge < -0.3 is 9.52 Å². The van der Waals surface area contributed by atoms with E-state index in [2.05, 4.69) is 15.6 Å². The lowest BCUT2D eigenvalue weighted by molar-refractivity contribution is -0.136. The van der Waals surface area contributed by atoms with Crippen LogP contribution >= 0.6 is 0 Å². The molecule has 7 nitrogen and oxygen atoms in total. The Morgan fingerprint density at radius 3 is 2.06 bits per heavy atom. The Morgan fingerprint density at radius 1 is 0.917 bits per heavy atom. The van der Waals surface area contributed by atoms with Gasteiger partial charge in [-0.1, -0.05) is 78.9 Å². The molecule has 0 aliphatic rings. The third kappa shape index (κ3) is 4.47. The number of nitrogens with one attached hydrogen (secondary N) is 1. The Balaban J connectivity index is 1.47. The fourth-order valence-corrected chi connectivity index (χ4v) is 3.98. The number of hydrogen-bond acceptors (Lipinski definition) is 5. The molecular formula is C29H24N4O3. The van der Waals surface area contributed by atoms with Gasteiger partial charge in [-0.05, 0) is 42.3 Å². The number of benzene rings is 3. The van der Waals surface area contributed by atoms with Crippen LogP contribution in [-0.2, 0) is 10.4 Å². The van der Waals surface area contributed by atoms with Gasteiger partial charge in [0.2, 0.25) is 0 Å². The van der Waals surface area contributed by atoms with Crippen LogP contribution in [0.4, 0.5) is 0 Å². The van der Waals surface area contributed by atoms with Crippen molar-refractivity contribution in [3.8, 4) is 17.1 Å². The van der Waals surface area contributed by atoms with E-state index in [0.29, 0.717) is 28.1 Å². The van der Waals surface area contributed by atoms with Crippen LogP contribution in [0.1, 0.15) is 22.5 Å². The molecule has 36 heavy (non-hydrogen) atoms. The Labute approximate surface area is 208 Å². The number of hydrazone groups is 1. The summed E-state index contributed by atoms with van der Waals surface area (Å²) in [5.74, 6) is 0.660. The van der Waals surface area contributed by atoms with Crippen molar-refractivity contribution in [1.29, 1.82) is 0 Å². The molecule has 0 bridgehead atoms. The normalized spacial score (nSPS) is 11.6. The van der Waals surface area contributed by atoms with Crippen LogP contribution in [0.2, 0.25) is 0 Å². The van der Waals surface area contributed by atoms with E-state index < -0.39 is 11.5 Å². The highest BCUT2D eigenvalue weighted by Gasteiger charge is 2.39. The molecule has 0 spiro atoms. The van der Waals surface area contributed by atoms with Gasteiger partial charge in [0.25, 0.3) is 5.91 Å². The van der Waals surface area contributed by atoms with Crippen molar-refractivity contribution in [3.05, 3.63) is 132 Å². The van der Waals surface area contributed by atoms with Crippen LogP contribution in [0.25, 0.3) is 17.1 Å². The number of nitrogens with zero attached hydrogens (tertiary/aromatic N) is 3. The van der Waals surface area contributed by atoms with E-state index in [9.17, 15) is 9.90 Å². The molecule has 0 unspecified atom stereocenters. The Kier molecular flexibility index (Phi) is 6.30. The third-order valence-corrected chi connectivity index (χ3v) is 5.82. The van der Waals surface area contributed by atoms with E-state index in [4.69, 9.17) is 4.42 Å². The van der Waals surface area contributed by atoms with E-state index >= 15 is 0 Å². The first-order chi connectivity index (χ1) is 17.6. The van der Waals surface area contributed by atoms with Crippen molar-refractivity contribution in [2.24, 2.45) is 5.10 Å². The van der Waals surface area contributed by atoms with Gasteiger partial charge in [-0.25, -0.2) is 10.1 Å². The van der Waals surface area contributed by atoms with Gasteiger partial charge in [0.15, 0.2) is 11.4 Å². The lowest BCUT2D eigenvalue weighted by Crippen LogP contribution is -2.43. The van der Waals surface area contributed by atoms with Crippen LogP contribution in [0.15, 0.2) is 119 Å². The molecule has 0 radical (unpaired) electrons. The molecular weight excluding hydrogens is 452 g/mol. The predicted octanol–water partition coefficient (Wildman–Crippen LogP) is 4.83. The number of hydrogen-bond donors (Lipinski definition) is 2. The molecule has 5 rings (SSSR count). The smallest absolute Gasteiger partial charge is 0.281 e. The van der Waals surface area contributed by atoms with Crippen molar-refractivity contribution < 1.29 is 14.3 Å². The van der Waals surface area contributed by atoms with Gasteiger partial charge in [-0.3, -0.25) is 4.79 Å². The number of aliphatic hydroxyl groups is 1. The summed E-state index contributed by atoms with van der Waals surface area (Å²) in [7, 11) is 0. The molecule has 2 N–H and O–H groups in total. The van der Waals surface area contributed by atoms with Gasteiger partial charge in [-0.2, -0.15) is 10.2 Å². The van der Waals surface area contributed by atoms with Gasteiger partial charge in [-0.15, -0.1) is 0 Å². The fraction of sp³-hybridized carbons (Fsp3) is 0.0690. The van der Waals surface area contributed by atoms with Crippen LogP contribution < -0.4 is 5.43 Å². The molecule has 0 aliphatic carbocycles. The zero-order chi connectivity index (χ0) is 25.0. The first-order valence-electron chi connectivity index (χ1n) is 11.4. The molecule has 1 amide bonds. The topological polar surface area (TPSA) is 92.7 Å². The predicted molar refractivity (Wildman–Crippen MR) is 138 cm³/mol. The van der Waals surface area contributed by atoms with E-state index in [1.54, 1.807) is 59.4 Å². The highest BCUT2D eigenvalue weighted by Crippen LogP contribution is 2.30. The summed E-state index contributed by atoms with van der Waals surface area (Å²) in [6.07, 6.45) is 3.30. The van der Waals surface area contributed by atoms with Crippen molar-refractivity contribution in [2.45, 2.75) is 12.5 Å². The number of carbonyl (C=O) groups is 1. The first-order valence-corrected chi connectivity index (χ1v) is 11.4. The summed E-state index contributed by atoms with van der Waals surface area (Å²) in [4.78, 5) is 13.3. The number of furan rings is 1. The maximum absolute atomic E-state index is 13.3. The monoisotopic (exact) mass is 476 g/mol. The fourth-order valence-electron chi connectivity index (χ4n) is 3.98. The molecule has 2 heterocycles. The van der Waals surface area contributed by atoms with Crippen LogP contribution in [0, 0.1) is 6.92 Å². The molecule has 2 aromatic heterocycles. The zero-order valence-corrected chi connectivity index (χ0v) is 19.6. The van der Waals surface area contributed by atoms with Gasteiger partial charge in [0, 0.05) is 11.8 Å². The molecule has 3 aromatic carbocycles. The van der Waals surface area contributed by atoms with Crippen molar-refractivity contribution in [2.75, 3.05) is 0 Å². The van der Waals surface area contributed by atoms with E-state index in [1.165, 1.54) is 6.21 Å². The molecule has 7 heteroatoms. The van der Waals surface area contributed by atoms with Gasteiger partial charge in [0.05, 0.1) is 11.9 Å². The lowest BCUT2D eigenvalue weighted by Gasteiger charge is -2.27. The Morgan fingerprint density at radius 2 is 1.50 bits per heavy atom. The lowest BCUT2D eigenvalue weighted by atomic mass is 9.85. The second-order valence-electron chi connectivity index (χ2n) is 8.27. The van der Waals surface area contributed by atoms with Crippen molar-refractivity contribution >= 4 is 12.1 Å². The summed E-state index contributed by atoms with van der Waals surface area (Å²) in [6, 6.07) is 30.9. The average Bonchev–Trinajstić information content (AvgIpc) is 3.56. The van der Waals surface area contributed by atoms with Crippen molar-refractivity contribution in [3.63, 3.8) is 0 Å². The molecule has 178 valence electrons. The summed E-state index contributed by atoms with van der Waals surface area (Å²) >= 11 is 0. The first kappa shape index (κ1) is 23.0. The highest BCUT2D eigenvalue weighted by molar-refractivity contribution is 5.92. The summed E-state index contributed by atoms with van der Waals surface area (Å²) in [6.45, 7) is 1.86. The number of para-hydroxylation sites is 1. The minimum Gasteiger partial charge on any atom is -0.460 e. The number of carbonyl (C=O) groups excluding carboxylic acids is 1. The maximum Gasteiger partial charge on any atom is 0.281 e. The third-order valence-electron chi connectivity index (χ3n) is 5.82. The van der Waals surface area contributed by atoms with Gasteiger partial charge in [0.1, 0.15) is 11.5 Å². The molecule has 0 saturated heterocycles.